The first-order valence-corrected chi connectivity index (χ1v) is 7.02. The molecule has 1 aliphatic rings. The molecule has 0 saturated heterocycles. The summed E-state index contributed by atoms with van der Waals surface area (Å²) in [6.45, 7) is 2.42. The van der Waals surface area contributed by atoms with Gasteiger partial charge in [0, 0.05) is 31.3 Å². The molecule has 2 heterocycles. The van der Waals surface area contributed by atoms with E-state index in [1.807, 2.05) is 32.2 Å². The second-order valence-corrected chi connectivity index (χ2v) is 5.27. The van der Waals surface area contributed by atoms with Crippen molar-refractivity contribution in [2.75, 3.05) is 11.4 Å². The van der Waals surface area contributed by atoms with Gasteiger partial charge in [-0.2, -0.15) is 5.10 Å². The molecule has 21 heavy (non-hydrogen) atoms. The molecule has 0 spiro atoms. The molecule has 2 aromatic rings. The number of amides is 1. The Bertz CT molecular complexity index is 718. The molecule has 1 aromatic carbocycles. The first kappa shape index (κ1) is 13.5. The van der Waals surface area contributed by atoms with Crippen LogP contribution in [0.1, 0.15) is 39.3 Å². The van der Waals surface area contributed by atoms with Crippen molar-refractivity contribution in [1.29, 1.82) is 0 Å². The fourth-order valence-corrected chi connectivity index (χ4v) is 2.66. The number of rotatable bonds is 1. The van der Waals surface area contributed by atoms with Crippen molar-refractivity contribution in [1.82, 2.24) is 9.78 Å². The van der Waals surface area contributed by atoms with E-state index in [0.717, 1.165) is 5.69 Å². The molecule has 1 aliphatic heterocycles. The normalized spacial score (nSPS) is 14.8. The quantitative estimate of drug-likeness (QED) is 0.807. The molecule has 0 aliphatic carbocycles. The number of anilines is 1. The van der Waals surface area contributed by atoms with Gasteiger partial charge < -0.3 is 4.90 Å². The van der Waals surface area contributed by atoms with Crippen molar-refractivity contribution in [2.45, 2.75) is 19.8 Å². The third-order valence-electron chi connectivity index (χ3n) is 3.99. The van der Waals surface area contributed by atoms with Crippen LogP contribution in [0.25, 0.3) is 0 Å². The Balaban J connectivity index is 2.06. The molecule has 1 amide bonds. The Morgan fingerprint density at radius 3 is 2.76 bits per heavy atom. The molecule has 0 bridgehead atoms. The zero-order valence-electron chi connectivity index (χ0n) is 12.2. The molecular weight excluding hydrogens is 266 g/mol. The van der Waals surface area contributed by atoms with Gasteiger partial charge in [0.25, 0.3) is 5.91 Å². The molecule has 108 valence electrons. The van der Waals surface area contributed by atoms with Crippen molar-refractivity contribution in [3.05, 3.63) is 47.3 Å². The van der Waals surface area contributed by atoms with Crippen LogP contribution in [0.4, 0.5) is 5.69 Å². The second kappa shape index (κ2) is 5.16. The van der Waals surface area contributed by atoms with Crippen molar-refractivity contribution < 1.29 is 9.59 Å². The number of Topliss-reactive ketones (excluding diaryl/α,β-unsaturated/α-hetero) is 1. The number of ketones is 1. The Labute approximate surface area is 123 Å². The average molecular weight is 283 g/mol. The Morgan fingerprint density at radius 2 is 2.05 bits per heavy atom. The standard InChI is InChI=1S/C16H17N3O2/c1-11-13(10-17-18(11)2)16(21)19-9-5-8-15(20)12-6-3-4-7-14(12)19/h3-4,6-7,10H,5,8-9H2,1-2H3. The number of nitrogens with zero attached hydrogens (tertiary/aromatic N) is 3. The van der Waals surface area contributed by atoms with Crippen LogP contribution in [0.15, 0.2) is 30.5 Å². The van der Waals surface area contributed by atoms with E-state index in [-0.39, 0.29) is 11.7 Å². The maximum Gasteiger partial charge on any atom is 0.261 e. The summed E-state index contributed by atoms with van der Waals surface area (Å²) in [6, 6.07) is 7.31. The number of carbonyl (C=O) groups excluding carboxylic acids is 2. The molecule has 0 atom stereocenters. The first-order valence-electron chi connectivity index (χ1n) is 7.02. The average Bonchev–Trinajstić information content (AvgIpc) is 2.73. The van der Waals surface area contributed by atoms with E-state index in [9.17, 15) is 9.59 Å². The monoisotopic (exact) mass is 283 g/mol. The van der Waals surface area contributed by atoms with Crippen molar-refractivity contribution in [2.24, 2.45) is 7.05 Å². The van der Waals surface area contributed by atoms with Crippen molar-refractivity contribution in [3.8, 4) is 0 Å². The minimum Gasteiger partial charge on any atom is -0.308 e. The van der Waals surface area contributed by atoms with Gasteiger partial charge in [0.1, 0.15) is 0 Å². The fraction of sp³-hybridized carbons (Fsp3) is 0.312. The van der Waals surface area contributed by atoms with Gasteiger partial charge in [-0.1, -0.05) is 12.1 Å². The van der Waals surface area contributed by atoms with Gasteiger partial charge >= 0.3 is 0 Å². The molecule has 0 radical (unpaired) electrons. The number of hydrogen-bond acceptors (Lipinski definition) is 3. The summed E-state index contributed by atoms with van der Waals surface area (Å²) in [5, 5.41) is 4.13. The summed E-state index contributed by atoms with van der Waals surface area (Å²) < 4.78 is 1.68. The minimum atomic E-state index is -0.0947. The van der Waals surface area contributed by atoms with E-state index in [1.54, 1.807) is 21.8 Å². The maximum absolute atomic E-state index is 12.8. The Morgan fingerprint density at radius 1 is 1.29 bits per heavy atom. The summed E-state index contributed by atoms with van der Waals surface area (Å²) >= 11 is 0. The number of fused-ring (bicyclic) bond motifs is 1. The Hall–Kier alpha value is -2.43. The highest BCUT2D eigenvalue weighted by atomic mass is 16.2. The molecular formula is C16H17N3O2. The summed E-state index contributed by atoms with van der Waals surface area (Å²) in [5.74, 6) is 0.00607. The summed E-state index contributed by atoms with van der Waals surface area (Å²) in [6.07, 6.45) is 2.75. The lowest BCUT2D eigenvalue weighted by Crippen LogP contribution is -2.32. The van der Waals surface area contributed by atoms with Crippen molar-refractivity contribution in [3.63, 3.8) is 0 Å². The SMILES string of the molecule is Cc1c(C(=O)N2CCCC(=O)c3ccccc32)cnn1C. The first-order chi connectivity index (χ1) is 10.1. The highest BCUT2D eigenvalue weighted by Crippen LogP contribution is 2.28. The topological polar surface area (TPSA) is 55.2 Å². The smallest absolute Gasteiger partial charge is 0.261 e. The van der Waals surface area contributed by atoms with Crippen LogP contribution in [0, 0.1) is 6.92 Å². The largest absolute Gasteiger partial charge is 0.308 e. The van der Waals surface area contributed by atoms with Crippen LogP contribution in [0.5, 0.6) is 0 Å². The van der Waals surface area contributed by atoms with E-state index in [1.165, 1.54) is 0 Å². The minimum absolute atomic E-state index is 0.0947. The summed E-state index contributed by atoms with van der Waals surface area (Å²) in [7, 11) is 1.81. The van der Waals surface area contributed by atoms with E-state index < -0.39 is 0 Å². The van der Waals surface area contributed by atoms with Gasteiger partial charge in [0.15, 0.2) is 5.78 Å². The van der Waals surface area contributed by atoms with E-state index in [2.05, 4.69) is 5.10 Å². The second-order valence-electron chi connectivity index (χ2n) is 5.27. The predicted octanol–water partition coefficient (Wildman–Crippen LogP) is 2.35. The van der Waals surface area contributed by atoms with Gasteiger partial charge in [-0.25, -0.2) is 0 Å². The fourth-order valence-electron chi connectivity index (χ4n) is 2.66. The van der Waals surface area contributed by atoms with Crippen molar-refractivity contribution >= 4 is 17.4 Å². The number of aryl methyl sites for hydroxylation is 1. The lowest BCUT2D eigenvalue weighted by Gasteiger charge is -2.22. The maximum atomic E-state index is 12.8. The highest BCUT2D eigenvalue weighted by Gasteiger charge is 2.27. The van der Waals surface area contributed by atoms with Crippen LogP contribution >= 0.6 is 0 Å². The molecule has 0 saturated carbocycles. The van der Waals surface area contributed by atoms with E-state index >= 15 is 0 Å². The third-order valence-corrected chi connectivity index (χ3v) is 3.99. The molecule has 5 heteroatoms. The molecule has 0 unspecified atom stereocenters. The summed E-state index contributed by atoms with van der Waals surface area (Å²) in [5.41, 5.74) is 2.74. The lowest BCUT2D eigenvalue weighted by atomic mass is 10.1. The van der Waals surface area contributed by atoms with Crippen LogP contribution in [0.2, 0.25) is 0 Å². The number of benzene rings is 1. The zero-order valence-corrected chi connectivity index (χ0v) is 12.2. The number of carbonyl (C=O) groups is 2. The summed E-state index contributed by atoms with van der Waals surface area (Å²) in [4.78, 5) is 26.6. The van der Waals surface area contributed by atoms with Gasteiger partial charge in [0.2, 0.25) is 0 Å². The lowest BCUT2D eigenvalue weighted by molar-refractivity contribution is 0.0973. The molecule has 3 rings (SSSR count). The van der Waals surface area contributed by atoms with Crippen LogP contribution < -0.4 is 4.90 Å². The zero-order chi connectivity index (χ0) is 15.0. The Kier molecular flexibility index (Phi) is 3.33. The van der Waals surface area contributed by atoms with Gasteiger partial charge in [-0.3, -0.25) is 14.3 Å². The van der Waals surface area contributed by atoms with Gasteiger partial charge in [-0.15, -0.1) is 0 Å². The molecule has 0 fully saturated rings. The van der Waals surface area contributed by atoms with Crippen LogP contribution in [0.3, 0.4) is 0 Å². The molecule has 1 aromatic heterocycles. The van der Waals surface area contributed by atoms with Crippen LogP contribution in [-0.2, 0) is 7.05 Å². The highest BCUT2D eigenvalue weighted by molar-refractivity contribution is 6.11. The molecule has 0 N–H and O–H groups in total. The number of aromatic nitrogens is 2. The number of hydrogen-bond donors (Lipinski definition) is 0. The predicted molar refractivity (Wildman–Crippen MR) is 79.6 cm³/mol. The third kappa shape index (κ3) is 2.24. The number of para-hydroxylation sites is 1. The van der Waals surface area contributed by atoms with Crippen LogP contribution in [-0.4, -0.2) is 28.0 Å². The van der Waals surface area contributed by atoms with Gasteiger partial charge in [-0.05, 0) is 25.5 Å². The van der Waals surface area contributed by atoms with E-state index in [0.29, 0.717) is 36.2 Å². The van der Waals surface area contributed by atoms with E-state index in [4.69, 9.17) is 0 Å². The van der Waals surface area contributed by atoms with Gasteiger partial charge in [0.05, 0.1) is 17.4 Å². The molecule has 5 nitrogen and oxygen atoms in total.